The lowest BCUT2D eigenvalue weighted by molar-refractivity contribution is 0.408. The molecule has 0 heterocycles. The zero-order valence-electron chi connectivity index (χ0n) is 25.8. The second-order valence-corrected chi connectivity index (χ2v) is 17.6. The van der Waals surface area contributed by atoms with E-state index in [2.05, 4.69) is 70.2 Å². The molecule has 216 valence electrons. The minimum atomic E-state index is -0.612. The third-order valence-electron chi connectivity index (χ3n) is 9.57. The monoisotopic (exact) mass is 576 g/mol. The fourth-order valence-electron chi connectivity index (χ4n) is 7.74. The summed E-state index contributed by atoms with van der Waals surface area (Å²) in [4.78, 5) is 0. The molecule has 5 rings (SSSR count). The van der Waals surface area contributed by atoms with Crippen LogP contribution in [0.3, 0.4) is 0 Å². The standard InChI is InChI=1S/C36H50O2P2/c1-25-20-32(21-26(2)35(25)37-5)40(33-22-27(3)36(38-6)28(4)23-33)34-19-13-14-29(34)24-39(30-15-9-7-10-16-30)31-17-11-8-12-18-31/h13-14,19-23,30-31,34H,7-12,15-18,24H2,1-6H3. The molecule has 3 aliphatic rings. The fourth-order valence-corrected chi connectivity index (χ4v) is 14.8. The van der Waals surface area contributed by atoms with E-state index in [9.17, 15) is 0 Å². The smallest absolute Gasteiger partial charge is 0.124 e. The highest BCUT2D eigenvalue weighted by atomic mass is 31.1. The molecule has 2 aromatic rings. The number of ether oxygens (including phenoxy) is 2. The molecular formula is C36H50O2P2. The zero-order chi connectivity index (χ0) is 28.2. The van der Waals surface area contributed by atoms with Crippen molar-refractivity contribution in [1.82, 2.24) is 0 Å². The lowest BCUT2D eigenvalue weighted by Gasteiger charge is -2.40. The van der Waals surface area contributed by atoms with Gasteiger partial charge in [-0.2, -0.15) is 0 Å². The first kappa shape index (κ1) is 29.9. The van der Waals surface area contributed by atoms with Crippen LogP contribution in [0, 0.1) is 27.7 Å². The van der Waals surface area contributed by atoms with Crippen LogP contribution in [0.2, 0.25) is 0 Å². The minimum absolute atomic E-state index is 0.0244. The molecule has 40 heavy (non-hydrogen) atoms. The predicted molar refractivity (Wildman–Crippen MR) is 178 cm³/mol. The molecule has 3 aliphatic carbocycles. The zero-order valence-corrected chi connectivity index (χ0v) is 27.6. The van der Waals surface area contributed by atoms with E-state index < -0.39 is 7.92 Å². The largest absolute Gasteiger partial charge is 0.496 e. The Labute approximate surface area is 246 Å². The summed E-state index contributed by atoms with van der Waals surface area (Å²) >= 11 is 0. The van der Waals surface area contributed by atoms with Gasteiger partial charge in [-0.1, -0.05) is 70.2 Å². The third-order valence-corrected chi connectivity index (χ3v) is 15.9. The lowest BCUT2D eigenvalue weighted by atomic mass is 9.99. The van der Waals surface area contributed by atoms with E-state index in [1.165, 1.54) is 103 Å². The molecule has 1 atom stereocenters. The summed E-state index contributed by atoms with van der Waals surface area (Å²) in [5, 5.41) is 2.94. The number of methoxy groups -OCH3 is 2. The molecule has 0 N–H and O–H groups in total. The van der Waals surface area contributed by atoms with Gasteiger partial charge in [-0.3, -0.25) is 0 Å². The quantitative estimate of drug-likeness (QED) is 0.277. The molecule has 4 heteroatoms. The lowest BCUT2D eigenvalue weighted by Crippen LogP contribution is -2.26. The predicted octanol–water partition coefficient (Wildman–Crippen LogP) is 9.38. The van der Waals surface area contributed by atoms with E-state index in [1.54, 1.807) is 19.8 Å². The van der Waals surface area contributed by atoms with Crippen molar-refractivity contribution in [3.63, 3.8) is 0 Å². The van der Waals surface area contributed by atoms with Gasteiger partial charge in [0.2, 0.25) is 0 Å². The van der Waals surface area contributed by atoms with E-state index in [0.717, 1.165) is 22.8 Å². The van der Waals surface area contributed by atoms with Crippen LogP contribution in [0.1, 0.15) is 86.5 Å². The highest BCUT2D eigenvalue weighted by Crippen LogP contribution is 2.59. The molecule has 0 amide bonds. The normalized spacial score (nSPS) is 20.4. The summed E-state index contributed by atoms with van der Waals surface area (Å²) in [6.07, 6.45) is 23.5. The number of rotatable bonds is 9. The summed E-state index contributed by atoms with van der Waals surface area (Å²) in [6.45, 7) is 8.83. The van der Waals surface area contributed by atoms with E-state index in [4.69, 9.17) is 9.47 Å². The van der Waals surface area contributed by atoms with Crippen LogP contribution in [0.4, 0.5) is 0 Å². The van der Waals surface area contributed by atoms with Gasteiger partial charge in [0.1, 0.15) is 11.5 Å². The molecule has 0 aliphatic heterocycles. The summed E-state index contributed by atoms with van der Waals surface area (Å²) in [5.41, 5.74) is 9.11. The van der Waals surface area contributed by atoms with Crippen molar-refractivity contribution in [3.05, 3.63) is 70.3 Å². The first-order chi connectivity index (χ1) is 19.4. The summed E-state index contributed by atoms with van der Waals surface area (Å²) in [7, 11) is 3.01. The van der Waals surface area contributed by atoms with Crippen molar-refractivity contribution in [1.29, 1.82) is 0 Å². The molecule has 0 saturated heterocycles. The van der Waals surface area contributed by atoms with Crippen molar-refractivity contribution in [3.8, 4) is 11.5 Å². The molecular weight excluding hydrogens is 526 g/mol. The van der Waals surface area contributed by atoms with Gasteiger partial charge in [0.05, 0.1) is 14.2 Å². The van der Waals surface area contributed by atoms with Gasteiger partial charge in [0, 0.05) is 5.66 Å². The summed E-state index contributed by atoms with van der Waals surface area (Å²) < 4.78 is 11.6. The number of allylic oxidation sites excluding steroid dienone is 4. The van der Waals surface area contributed by atoms with Crippen LogP contribution < -0.4 is 20.1 Å². The van der Waals surface area contributed by atoms with Gasteiger partial charge >= 0.3 is 0 Å². The van der Waals surface area contributed by atoms with E-state index in [-0.39, 0.29) is 7.92 Å². The molecule has 0 spiro atoms. The van der Waals surface area contributed by atoms with Crippen LogP contribution >= 0.6 is 15.8 Å². The minimum Gasteiger partial charge on any atom is -0.496 e. The first-order valence-corrected chi connectivity index (χ1v) is 18.7. The van der Waals surface area contributed by atoms with Gasteiger partial charge in [-0.15, -0.1) is 0 Å². The van der Waals surface area contributed by atoms with Crippen molar-refractivity contribution in [2.45, 2.75) is 109 Å². The Bertz CT molecular complexity index is 1110. The maximum atomic E-state index is 5.79. The van der Waals surface area contributed by atoms with Crippen LogP contribution in [0.5, 0.6) is 11.5 Å². The Morgan fingerprint density at radius 2 is 1.07 bits per heavy atom. The Hall–Kier alpha value is -1.62. The highest BCUT2D eigenvalue weighted by Gasteiger charge is 2.35. The Morgan fingerprint density at radius 3 is 1.48 bits per heavy atom. The van der Waals surface area contributed by atoms with Gasteiger partial charge < -0.3 is 9.47 Å². The summed E-state index contributed by atoms with van der Waals surface area (Å²) in [5.74, 6) is 2.05. The molecule has 2 fully saturated rings. The number of benzene rings is 2. The van der Waals surface area contributed by atoms with Crippen molar-refractivity contribution >= 4 is 26.5 Å². The number of hydrogen-bond donors (Lipinski definition) is 0. The molecule has 2 saturated carbocycles. The Morgan fingerprint density at radius 1 is 0.650 bits per heavy atom. The van der Waals surface area contributed by atoms with Gasteiger partial charge in [-0.05, 0) is 136 Å². The Balaban J connectivity index is 1.54. The van der Waals surface area contributed by atoms with Gasteiger partial charge in [-0.25, -0.2) is 0 Å². The Kier molecular flexibility index (Phi) is 10.1. The molecule has 0 radical (unpaired) electrons. The molecule has 0 aromatic heterocycles. The maximum Gasteiger partial charge on any atom is 0.124 e. The van der Waals surface area contributed by atoms with Crippen LogP contribution in [0.15, 0.2) is 48.1 Å². The average Bonchev–Trinajstić information content (AvgIpc) is 3.40. The fraction of sp³-hybridized carbons (Fsp3) is 0.556. The molecule has 1 unspecified atom stereocenters. The third kappa shape index (κ3) is 6.40. The topological polar surface area (TPSA) is 18.5 Å². The van der Waals surface area contributed by atoms with Gasteiger partial charge in [0.25, 0.3) is 0 Å². The van der Waals surface area contributed by atoms with Crippen LogP contribution in [-0.4, -0.2) is 37.4 Å². The number of aryl methyl sites for hydroxylation is 4. The van der Waals surface area contributed by atoms with Crippen molar-refractivity contribution in [2.24, 2.45) is 0 Å². The summed E-state index contributed by atoms with van der Waals surface area (Å²) in [6, 6.07) is 9.67. The van der Waals surface area contributed by atoms with Crippen LogP contribution in [-0.2, 0) is 0 Å². The van der Waals surface area contributed by atoms with Gasteiger partial charge in [0.15, 0.2) is 0 Å². The molecule has 0 bridgehead atoms. The average molecular weight is 577 g/mol. The van der Waals surface area contributed by atoms with Crippen molar-refractivity contribution in [2.75, 3.05) is 20.4 Å². The SMILES string of the molecule is COc1c(C)cc(P(c2cc(C)c(OC)c(C)c2)C2C=CC=C2CP(C2CCCCC2)C2CCCCC2)cc1C. The van der Waals surface area contributed by atoms with Crippen LogP contribution in [0.25, 0.3) is 0 Å². The second-order valence-electron chi connectivity index (χ2n) is 12.4. The number of hydrogen-bond acceptors (Lipinski definition) is 2. The first-order valence-electron chi connectivity index (χ1n) is 15.6. The molecule has 2 nitrogen and oxygen atoms in total. The second kappa shape index (κ2) is 13.6. The van der Waals surface area contributed by atoms with Crippen molar-refractivity contribution < 1.29 is 9.47 Å². The van der Waals surface area contributed by atoms with E-state index >= 15 is 0 Å². The van der Waals surface area contributed by atoms with E-state index in [0.29, 0.717) is 5.66 Å². The highest BCUT2D eigenvalue weighted by molar-refractivity contribution is 7.74. The maximum absolute atomic E-state index is 5.79. The van der Waals surface area contributed by atoms with E-state index in [1.807, 2.05) is 0 Å². The molecule has 2 aromatic carbocycles.